The summed E-state index contributed by atoms with van der Waals surface area (Å²) in [6.07, 6.45) is 4.24. The molecule has 2 amide bonds. The molecule has 0 spiro atoms. The Labute approximate surface area is 191 Å². The first-order valence-electron chi connectivity index (χ1n) is 10.8. The first-order valence-corrected chi connectivity index (χ1v) is 11.2. The first kappa shape index (κ1) is 19.3. The second kappa shape index (κ2) is 7.32. The number of halogens is 1. The van der Waals surface area contributed by atoms with E-state index in [0.29, 0.717) is 10.7 Å². The van der Waals surface area contributed by atoms with Gasteiger partial charge in [0.15, 0.2) is 0 Å². The van der Waals surface area contributed by atoms with Gasteiger partial charge in [-0.15, -0.1) is 0 Å². The number of nitrogens with zero attached hydrogens (tertiary/aromatic N) is 1. The number of hydrogen-bond donors (Lipinski definition) is 0. The molecule has 3 aromatic carbocycles. The van der Waals surface area contributed by atoms with Gasteiger partial charge in [0.2, 0.25) is 11.8 Å². The Balaban J connectivity index is 1.50. The fourth-order valence-electron chi connectivity index (χ4n) is 5.68. The van der Waals surface area contributed by atoms with Crippen LogP contribution in [-0.4, -0.2) is 11.8 Å². The average Bonchev–Trinajstić information content (AvgIpc) is 3.46. The third kappa shape index (κ3) is 2.68. The van der Waals surface area contributed by atoms with Gasteiger partial charge in [-0.25, -0.2) is 4.90 Å². The Morgan fingerprint density at radius 2 is 1.12 bits per heavy atom. The van der Waals surface area contributed by atoms with Crippen LogP contribution < -0.4 is 4.90 Å². The minimum absolute atomic E-state index is 0.0932. The van der Waals surface area contributed by atoms with Crippen molar-refractivity contribution in [3.05, 3.63) is 119 Å². The molecule has 0 radical (unpaired) electrons. The van der Waals surface area contributed by atoms with Gasteiger partial charge in [0, 0.05) is 11.8 Å². The number of amides is 2. The lowest BCUT2D eigenvalue weighted by molar-refractivity contribution is -0.122. The smallest absolute Gasteiger partial charge is 0.238 e. The van der Waals surface area contributed by atoms with Crippen LogP contribution in [0.5, 0.6) is 0 Å². The number of carbonyl (C=O) groups excluding carboxylic acids is 2. The largest absolute Gasteiger partial charge is 0.274 e. The summed E-state index contributed by atoms with van der Waals surface area (Å²) in [5, 5.41) is 0.416. The molecule has 1 saturated carbocycles. The lowest BCUT2D eigenvalue weighted by Gasteiger charge is -2.22. The fraction of sp³-hybridized carbons (Fsp3) is 0.143. The zero-order valence-electron chi connectivity index (χ0n) is 17.2. The van der Waals surface area contributed by atoms with Crippen molar-refractivity contribution in [2.75, 3.05) is 4.90 Å². The highest BCUT2D eigenvalue weighted by molar-refractivity contribution is 6.36. The Kier molecular flexibility index (Phi) is 4.41. The molecule has 4 atom stereocenters. The molecular formula is C28H20ClNO2. The highest BCUT2D eigenvalue weighted by Gasteiger charge is 2.62. The molecule has 4 unspecified atom stereocenters. The molecule has 3 aliphatic rings. The van der Waals surface area contributed by atoms with E-state index in [0.717, 1.165) is 16.7 Å². The van der Waals surface area contributed by atoms with E-state index in [1.807, 2.05) is 36.4 Å². The van der Waals surface area contributed by atoms with Gasteiger partial charge in [0.25, 0.3) is 0 Å². The SMILES string of the molecule is O=C1C2C3C=CC(C3=C(c3ccccc3)c3ccccc3)C2C(=O)N1c1ccccc1Cl. The van der Waals surface area contributed by atoms with E-state index in [4.69, 9.17) is 11.6 Å². The number of allylic oxidation sites excluding steroid dienone is 3. The second-order valence-corrected chi connectivity index (χ2v) is 8.92. The standard InChI is InChI=1S/C28H20ClNO2/c29-21-13-7-8-14-22(21)30-27(31)25-19-15-16-20(26(25)28(30)32)24(19)23(17-9-3-1-4-10-17)18-11-5-2-6-12-18/h1-16,19-20,25-26H. The zero-order chi connectivity index (χ0) is 21.8. The van der Waals surface area contributed by atoms with E-state index < -0.39 is 0 Å². The maximum atomic E-state index is 13.6. The Morgan fingerprint density at radius 1 is 0.656 bits per heavy atom. The van der Waals surface area contributed by atoms with Gasteiger partial charge >= 0.3 is 0 Å². The highest BCUT2D eigenvalue weighted by Crippen LogP contribution is 2.59. The Bertz CT molecular complexity index is 1220. The molecule has 156 valence electrons. The molecule has 1 saturated heterocycles. The number of hydrogen-bond acceptors (Lipinski definition) is 2. The van der Waals surface area contributed by atoms with Crippen LogP contribution in [-0.2, 0) is 9.59 Å². The molecule has 32 heavy (non-hydrogen) atoms. The lowest BCUT2D eigenvalue weighted by atomic mass is 9.85. The van der Waals surface area contributed by atoms with Gasteiger partial charge in [0.1, 0.15) is 0 Å². The summed E-state index contributed by atoms with van der Waals surface area (Å²) in [5.41, 5.74) is 5.00. The number of para-hydroxylation sites is 1. The summed E-state index contributed by atoms with van der Waals surface area (Å²) in [7, 11) is 0. The van der Waals surface area contributed by atoms with Crippen LogP contribution in [0.4, 0.5) is 5.69 Å². The monoisotopic (exact) mass is 437 g/mol. The molecule has 1 heterocycles. The van der Waals surface area contributed by atoms with E-state index in [1.54, 1.807) is 24.3 Å². The molecule has 0 N–H and O–H groups in total. The van der Waals surface area contributed by atoms with E-state index in [1.165, 1.54) is 10.5 Å². The number of anilines is 1. The Morgan fingerprint density at radius 3 is 1.62 bits per heavy atom. The summed E-state index contributed by atoms with van der Waals surface area (Å²) < 4.78 is 0. The molecule has 1 aliphatic heterocycles. The van der Waals surface area contributed by atoms with Crippen LogP contribution >= 0.6 is 11.6 Å². The van der Waals surface area contributed by atoms with Crippen LogP contribution in [0.15, 0.2) is 103 Å². The van der Waals surface area contributed by atoms with E-state index in [9.17, 15) is 9.59 Å². The maximum Gasteiger partial charge on any atom is 0.238 e. The predicted octanol–water partition coefficient (Wildman–Crippen LogP) is 5.76. The number of carbonyl (C=O) groups is 2. The van der Waals surface area contributed by atoms with Gasteiger partial charge in [-0.3, -0.25) is 9.59 Å². The summed E-state index contributed by atoms with van der Waals surface area (Å²) in [6, 6.07) is 27.6. The van der Waals surface area contributed by atoms with Crippen LogP contribution in [0.1, 0.15) is 11.1 Å². The van der Waals surface area contributed by atoms with Crippen molar-refractivity contribution in [1.29, 1.82) is 0 Å². The topological polar surface area (TPSA) is 37.4 Å². The van der Waals surface area contributed by atoms with E-state index in [2.05, 4.69) is 36.4 Å². The quantitative estimate of drug-likeness (QED) is 0.385. The average molecular weight is 438 g/mol. The number of benzene rings is 3. The third-order valence-electron chi connectivity index (χ3n) is 6.92. The van der Waals surface area contributed by atoms with Gasteiger partial charge in [0.05, 0.1) is 22.5 Å². The van der Waals surface area contributed by atoms with Crippen LogP contribution in [0, 0.1) is 23.7 Å². The number of fused-ring (bicyclic) bond motifs is 5. The van der Waals surface area contributed by atoms with Gasteiger partial charge in [-0.1, -0.05) is 96.5 Å². The summed E-state index contributed by atoms with van der Waals surface area (Å²) >= 11 is 6.35. The molecule has 6 rings (SSSR count). The van der Waals surface area contributed by atoms with Crippen LogP contribution in [0.3, 0.4) is 0 Å². The maximum absolute atomic E-state index is 13.6. The van der Waals surface area contributed by atoms with Crippen molar-refractivity contribution in [3.63, 3.8) is 0 Å². The molecule has 3 nitrogen and oxygen atoms in total. The predicted molar refractivity (Wildman–Crippen MR) is 126 cm³/mol. The third-order valence-corrected chi connectivity index (χ3v) is 7.24. The molecule has 0 aromatic heterocycles. The van der Waals surface area contributed by atoms with Crippen LogP contribution in [0.2, 0.25) is 5.02 Å². The summed E-state index contributed by atoms with van der Waals surface area (Å²) in [5.74, 6) is -1.25. The van der Waals surface area contributed by atoms with E-state index >= 15 is 0 Å². The molecule has 4 heteroatoms. The minimum atomic E-state index is -0.383. The fourth-order valence-corrected chi connectivity index (χ4v) is 5.90. The van der Waals surface area contributed by atoms with Crippen molar-refractivity contribution >= 4 is 34.7 Å². The zero-order valence-corrected chi connectivity index (χ0v) is 17.9. The van der Waals surface area contributed by atoms with Crippen molar-refractivity contribution in [2.24, 2.45) is 23.7 Å². The highest BCUT2D eigenvalue weighted by atomic mass is 35.5. The lowest BCUT2D eigenvalue weighted by Crippen LogP contribution is -2.33. The summed E-state index contributed by atoms with van der Waals surface area (Å²) in [4.78, 5) is 28.5. The Hall–Kier alpha value is -3.43. The molecule has 2 aliphatic carbocycles. The second-order valence-electron chi connectivity index (χ2n) is 8.51. The number of rotatable bonds is 3. The van der Waals surface area contributed by atoms with Crippen molar-refractivity contribution in [1.82, 2.24) is 0 Å². The van der Waals surface area contributed by atoms with Gasteiger partial charge in [-0.05, 0) is 34.4 Å². The van der Waals surface area contributed by atoms with Crippen molar-refractivity contribution in [2.45, 2.75) is 0 Å². The normalized spacial score (nSPS) is 25.5. The molecule has 2 fully saturated rings. The molecule has 2 bridgehead atoms. The van der Waals surface area contributed by atoms with Crippen molar-refractivity contribution < 1.29 is 9.59 Å². The minimum Gasteiger partial charge on any atom is -0.274 e. The van der Waals surface area contributed by atoms with Crippen LogP contribution in [0.25, 0.3) is 5.57 Å². The summed E-state index contributed by atoms with van der Waals surface area (Å²) in [6.45, 7) is 0. The van der Waals surface area contributed by atoms with Crippen molar-refractivity contribution in [3.8, 4) is 0 Å². The van der Waals surface area contributed by atoms with Gasteiger partial charge < -0.3 is 0 Å². The first-order chi connectivity index (χ1) is 15.7. The van der Waals surface area contributed by atoms with Gasteiger partial charge in [-0.2, -0.15) is 0 Å². The molecule has 3 aromatic rings. The van der Waals surface area contributed by atoms with E-state index in [-0.39, 0.29) is 35.5 Å². The number of imide groups is 1. The molecular weight excluding hydrogens is 418 g/mol.